The van der Waals surface area contributed by atoms with E-state index < -0.39 is 0 Å². The van der Waals surface area contributed by atoms with Gasteiger partial charge in [0.15, 0.2) is 5.78 Å². The molecule has 0 aromatic heterocycles. The van der Waals surface area contributed by atoms with Crippen LogP contribution in [0.25, 0.3) is 0 Å². The van der Waals surface area contributed by atoms with Crippen molar-refractivity contribution in [2.45, 2.75) is 51.5 Å². The predicted molar refractivity (Wildman–Crippen MR) is 126 cm³/mol. The Kier molecular flexibility index (Phi) is 7.26. The molecule has 1 atom stereocenters. The van der Waals surface area contributed by atoms with Gasteiger partial charge < -0.3 is 10.1 Å². The molecule has 1 N–H and O–H groups in total. The van der Waals surface area contributed by atoms with Crippen molar-refractivity contribution in [3.63, 3.8) is 0 Å². The van der Waals surface area contributed by atoms with Gasteiger partial charge in [-0.15, -0.1) is 0 Å². The summed E-state index contributed by atoms with van der Waals surface area (Å²) < 4.78 is 5.17. The molecule has 0 saturated carbocycles. The van der Waals surface area contributed by atoms with E-state index in [1.165, 1.54) is 36.0 Å². The number of hydrogen-bond donors (Lipinski definition) is 1. The van der Waals surface area contributed by atoms with Gasteiger partial charge in [0, 0.05) is 11.5 Å². The molecule has 170 valence electrons. The Labute approximate surface area is 191 Å². The summed E-state index contributed by atoms with van der Waals surface area (Å²) >= 11 is 0. The van der Waals surface area contributed by atoms with E-state index in [0.29, 0.717) is 6.54 Å². The second-order valence-electron chi connectivity index (χ2n) is 9.17. The molecule has 32 heavy (non-hydrogen) atoms. The molecule has 0 radical (unpaired) electrons. The highest BCUT2D eigenvalue weighted by Crippen LogP contribution is 2.25. The third-order valence-corrected chi connectivity index (χ3v) is 6.95. The highest BCUT2D eigenvalue weighted by Gasteiger charge is 2.27. The lowest BCUT2D eigenvalue weighted by molar-refractivity contribution is -0.123. The number of nitrogens with one attached hydrogen (secondary N) is 1. The van der Waals surface area contributed by atoms with Gasteiger partial charge in [0.05, 0.1) is 19.7 Å². The normalized spacial score (nSPS) is 17.9. The minimum absolute atomic E-state index is 0.00363. The van der Waals surface area contributed by atoms with Gasteiger partial charge in [-0.05, 0) is 99.5 Å². The second-order valence-corrected chi connectivity index (χ2v) is 9.17. The fourth-order valence-electron chi connectivity index (χ4n) is 4.94. The first-order valence-corrected chi connectivity index (χ1v) is 11.8. The van der Waals surface area contributed by atoms with Gasteiger partial charge >= 0.3 is 0 Å². The van der Waals surface area contributed by atoms with Crippen LogP contribution in [0.1, 0.15) is 65.7 Å². The maximum absolute atomic E-state index is 12.8. The number of likely N-dealkylation sites (tertiary alicyclic amines) is 1. The van der Waals surface area contributed by atoms with Crippen molar-refractivity contribution >= 4 is 11.7 Å². The molecule has 2 aliphatic rings. The largest absolute Gasteiger partial charge is 0.497 e. The number of fused-ring (bicyclic) bond motifs is 1. The quantitative estimate of drug-likeness (QED) is 0.659. The molecule has 0 spiro atoms. The van der Waals surface area contributed by atoms with E-state index in [9.17, 15) is 9.59 Å². The second kappa shape index (κ2) is 10.3. The Morgan fingerprint density at radius 2 is 1.72 bits per heavy atom. The Balaban J connectivity index is 1.24. The van der Waals surface area contributed by atoms with Crippen LogP contribution in [0.3, 0.4) is 0 Å². The standard InChI is InChI=1S/C27H34N2O3/c1-19(23-8-7-20-5-3-4-6-24(20)17-23)28-26(30)18-29-15-13-22(14-16-29)27(31)21-9-11-25(32-2)12-10-21/h7-12,17,19,22H,3-6,13-16,18H2,1-2H3,(H,28,30)/t19-/m1/s1. The third-order valence-electron chi connectivity index (χ3n) is 6.95. The summed E-state index contributed by atoms with van der Waals surface area (Å²) in [5.74, 6) is 1.03. The monoisotopic (exact) mass is 434 g/mol. The molecule has 0 unspecified atom stereocenters. The van der Waals surface area contributed by atoms with E-state index in [1.807, 2.05) is 24.3 Å². The number of aryl methyl sites for hydroxylation is 2. The molecule has 1 amide bonds. The number of Topliss-reactive ketones (excluding diaryl/α,β-unsaturated/α-hetero) is 1. The van der Waals surface area contributed by atoms with Crippen molar-refractivity contribution in [2.24, 2.45) is 5.92 Å². The lowest BCUT2D eigenvalue weighted by Crippen LogP contribution is -2.43. The Bertz CT molecular complexity index is 946. The lowest BCUT2D eigenvalue weighted by atomic mass is 9.89. The Hall–Kier alpha value is -2.66. The summed E-state index contributed by atoms with van der Waals surface area (Å²) in [7, 11) is 1.62. The van der Waals surface area contributed by atoms with Gasteiger partial charge in [-0.3, -0.25) is 14.5 Å². The molecule has 1 aliphatic carbocycles. The molecule has 1 fully saturated rings. The summed E-state index contributed by atoms with van der Waals surface area (Å²) in [6.07, 6.45) is 6.44. The van der Waals surface area contributed by atoms with Crippen LogP contribution in [-0.4, -0.2) is 43.3 Å². The van der Waals surface area contributed by atoms with Gasteiger partial charge in [0.2, 0.25) is 5.91 Å². The van der Waals surface area contributed by atoms with E-state index in [0.717, 1.165) is 43.7 Å². The number of ketones is 1. The van der Waals surface area contributed by atoms with Crippen molar-refractivity contribution in [1.82, 2.24) is 10.2 Å². The molecule has 1 saturated heterocycles. The van der Waals surface area contributed by atoms with Crippen LogP contribution in [0.15, 0.2) is 42.5 Å². The molecule has 4 rings (SSSR count). The Morgan fingerprint density at radius 1 is 1.03 bits per heavy atom. The zero-order valence-electron chi connectivity index (χ0n) is 19.2. The van der Waals surface area contributed by atoms with Crippen molar-refractivity contribution in [3.05, 3.63) is 64.7 Å². The number of carbonyl (C=O) groups is 2. The summed E-state index contributed by atoms with van der Waals surface area (Å²) in [6, 6.07) is 14.0. The van der Waals surface area contributed by atoms with E-state index in [-0.39, 0.29) is 23.7 Å². The third kappa shape index (κ3) is 5.39. The first-order chi connectivity index (χ1) is 15.5. The summed E-state index contributed by atoms with van der Waals surface area (Å²) in [4.78, 5) is 27.6. The maximum atomic E-state index is 12.8. The van der Waals surface area contributed by atoms with Crippen molar-refractivity contribution in [3.8, 4) is 5.75 Å². The number of methoxy groups -OCH3 is 1. The number of rotatable bonds is 7. The number of hydrogen-bond acceptors (Lipinski definition) is 4. The number of piperidine rings is 1. The summed E-state index contributed by atoms with van der Waals surface area (Å²) in [5, 5.41) is 3.16. The highest BCUT2D eigenvalue weighted by atomic mass is 16.5. The zero-order valence-corrected chi connectivity index (χ0v) is 19.2. The molecule has 0 bridgehead atoms. The number of benzene rings is 2. The topological polar surface area (TPSA) is 58.6 Å². The van der Waals surface area contributed by atoms with Crippen LogP contribution >= 0.6 is 0 Å². The molecular weight excluding hydrogens is 400 g/mol. The van der Waals surface area contributed by atoms with Crippen LogP contribution < -0.4 is 10.1 Å². The minimum Gasteiger partial charge on any atom is -0.497 e. The fourth-order valence-corrected chi connectivity index (χ4v) is 4.94. The molecule has 1 heterocycles. The van der Waals surface area contributed by atoms with Crippen LogP contribution in [0.5, 0.6) is 5.75 Å². The van der Waals surface area contributed by atoms with Crippen molar-refractivity contribution in [1.29, 1.82) is 0 Å². The Morgan fingerprint density at radius 3 is 2.41 bits per heavy atom. The highest BCUT2D eigenvalue weighted by molar-refractivity contribution is 5.98. The van der Waals surface area contributed by atoms with E-state index in [4.69, 9.17) is 4.74 Å². The first kappa shape index (κ1) is 22.5. The average Bonchev–Trinajstić information content (AvgIpc) is 2.83. The maximum Gasteiger partial charge on any atom is 0.234 e. The van der Waals surface area contributed by atoms with Crippen LogP contribution in [-0.2, 0) is 17.6 Å². The van der Waals surface area contributed by atoms with E-state index in [2.05, 4.69) is 35.3 Å². The fraction of sp³-hybridized carbons (Fsp3) is 0.481. The van der Waals surface area contributed by atoms with E-state index >= 15 is 0 Å². The van der Waals surface area contributed by atoms with Gasteiger partial charge in [-0.1, -0.05) is 18.2 Å². The molecular formula is C27H34N2O3. The zero-order chi connectivity index (χ0) is 22.5. The molecule has 5 heteroatoms. The van der Waals surface area contributed by atoms with Crippen LogP contribution in [0, 0.1) is 5.92 Å². The molecule has 5 nitrogen and oxygen atoms in total. The molecule has 1 aliphatic heterocycles. The first-order valence-electron chi connectivity index (χ1n) is 11.8. The van der Waals surface area contributed by atoms with Gasteiger partial charge in [-0.2, -0.15) is 0 Å². The van der Waals surface area contributed by atoms with Crippen molar-refractivity contribution in [2.75, 3.05) is 26.7 Å². The average molecular weight is 435 g/mol. The lowest BCUT2D eigenvalue weighted by Gasteiger charge is -2.31. The summed E-state index contributed by atoms with van der Waals surface area (Å²) in [5.41, 5.74) is 4.83. The van der Waals surface area contributed by atoms with Crippen LogP contribution in [0.2, 0.25) is 0 Å². The smallest absolute Gasteiger partial charge is 0.234 e. The van der Waals surface area contributed by atoms with Gasteiger partial charge in [0.25, 0.3) is 0 Å². The number of amides is 1. The molecule has 2 aromatic carbocycles. The van der Waals surface area contributed by atoms with Crippen molar-refractivity contribution < 1.29 is 14.3 Å². The summed E-state index contributed by atoms with van der Waals surface area (Å²) in [6.45, 7) is 3.99. The number of ether oxygens (including phenoxy) is 1. The van der Waals surface area contributed by atoms with E-state index in [1.54, 1.807) is 7.11 Å². The van der Waals surface area contributed by atoms with Crippen LogP contribution in [0.4, 0.5) is 0 Å². The molecule has 2 aromatic rings. The van der Waals surface area contributed by atoms with Gasteiger partial charge in [0.1, 0.15) is 5.75 Å². The SMILES string of the molecule is COc1ccc(C(=O)C2CCN(CC(=O)N[C@H](C)c3ccc4c(c3)CCCC4)CC2)cc1. The van der Waals surface area contributed by atoms with Gasteiger partial charge in [-0.25, -0.2) is 0 Å². The number of nitrogens with zero attached hydrogens (tertiary/aromatic N) is 1. The minimum atomic E-state index is 0.00363. The number of carbonyl (C=O) groups excluding carboxylic acids is 2. The predicted octanol–water partition coefficient (Wildman–Crippen LogP) is 4.35.